The van der Waals surface area contributed by atoms with Gasteiger partial charge in [-0.2, -0.15) is 0 Å². The van der Waals surface area contributed by atoms with E-state index in [1.54, 1.807) is 0 Å². The highest BCUT2D eigenvalue weighted by Gasteiger charge is 2.10. The summed E-state index contributed by atoms with van der Waals surface area (Å²) in [4.78, 5) is 7.29. The van der Waals surface area contributed by atoms with Crippen LogP contribution in [-0.2, 0) is 0 Å². The van der Waals surface area contributed by atoms with Crippen LogP contribution in [0.3, 0.4) is 0 Å². The number of azo groups is 1. The number of aromatic amines is 1. The van der Waals surface area contributed by atoms with Gasteiger partial charge in [-0.1, -0.05) is 24.6 Å². The van der Waals surface area contributed by atoms with Gasteiger partial charge < -0.3 is 10.1 Å². The van der Waals surface area contributed by atoms with Crippen molar-refractivity contribution in [1.82, 2.24) is 4.98 Å². The van der Waals surface area contributed by atoms with Gasteiger partial charge in [0.1, 0.15) is 5.84 Å². The molecule has 0 radical (unpaired) electrons. The molecule has 0 saturated carbocycles. The quantitative estimate of drug-likeness (QED) is 0.745. The Morgan fingerprint density at radius 1 is 1.11 bits per heavy atom. The number of benzene rings is 1. The maximum Gasteiger partial charge on any atom is 0.218 e. The third kappa shape index (κ3) is 2.50. The Morgan fingerprint density at radius 2 is 2.00 bits per heavy atom. The Bertz CT molecular complexity index is 642. The maximum atomic E-state index is 9.87. The first-order valence-corrected chi connectivity index (χ1v) is 6.59. The lowest BCUT2D eigenvalue weighted by Gasteiger charge is -1.95. The van der Waals surface area contributed by atoms with Crippen LogP contribution in [0.25, 0.3) is 10.9 Å². The van der Waals surface area contributed by atoms with Gasteiger partial charge in [-0.25, -0.2) is 0 Å². The van der Waals surface area contributed by atoms with E-state index in [0.717, 1.165) is 42.5 Å². The van der Waals surface area contributed by atoms with Crippen LogP contribution in [0.4, 0.5) is 5.69 Å². The number of H-pyrrole nitrogens is 1. The third-order valence-electron chi connectivity index (χ3n) is 3.28. The molecule has 0 atom stereocenters. The number of amidine groups is 1. The highest BCUT2D eigenvalue weighted by Crippen LogP contribution is 2.35. The molecule has 0 amide bonds. The normalized spacial score (nSPS) is 16.7. The second-order valence-electron chi connectivity index (χ2n) is 4.68. The maximum absolute atomic E-state index is 9.87. The van der Waals surface area contributed by atoms with Crippen molar-refractivity contribution in [2.24, 2.45) is 15.2 Å². The van der Waals surface area contributed by atoms with Crippen LogP contribution < -0.4 is 0 Å². The minimum Gasteiger partial charge on any atom is -0.493 e. The van der Waals surface area contributed by atoms with Crippen LogP contribution in [0.5, 0.6) is 5.88 Å². The molecule has 2 aromatic rings. The van der Waals surface area contributed by atoms with Crippen LogP contribution in [-0.4, -0.2) is 22.5 Å². The molecule has 2 heterocycles. The second kappa shape index (κ2) is 5.22. The van der Waals surface area contributed by atoms with Crippen molar-refractivity contribution in [2.75, 3.05) is 6.54 Å². The van der Waals surface area contributed by atoms with Crippen molar-refractivity contribution in [3.05, 3.63) is 24.3 Å². The van der Waals surface area contributed by atoms with E-state index in [2.05, 4.69) is 20.2 Å². The van der Waals surface area contributed by atoms with E-state index in [1.165, 1.54) is 6.42 Å². The van der Waals surface area contributed by atoms with Gasteiger partial charge in [0.2, 0.25) is 5.88 Å². The number of hydrogen-bond donors (Lipinski definition) is 2. The smallest absolute Gasteiger partial charge is 0.218 e. The first kappa shape index (κ1) is 11.9. The Morgan fingerprint density at radius 3 is 2.95 bits per heavy atom. The van der Waals surface area contributed by atoms with Crippen molar-refractivity contribution in [2.45, 2.75) is 25.7 Å². The number of para-hydroxylation sites is 1. The molecule has 0 unspecified atom stereocenters. The topological polar surface area (TPSA) is 73.1 Å². The number of aliphatic imine (C=N–C) groups is 1. The van der Waals surface area contributed by atoms with Crippen molar-refractivity contribution in [3.63, 3.8) is 0 Å². The summed E-state index contributed by atoms with van der Waals surface area (Å²) < 4.78 is 0. The Hall–Kier alpha value is -2.17. The molecule has 1 aliphatic heterocycles. The minimum absolute atomic E-state index is 0.0548. The number of fused-ring (bicyclic) bond motifs is 1. The lowest BCUT2D eigenvalue weighted by atomic mass is 10.2. The second-order valence-corrected chi connectivity index (χ2v) is 4.68. The summed E-state index contributed by atoms with van der Waals surface area (Å²) in [5.41, 5.74) is 1.35. The third-order valence-corrected chi connectivity index (χ3v) is 3.28. The summed E-state index contributed by atoms with van der Waals surface area (Å²) in [7, 11) is 0. The molecule has 0 bridgehead atoms. The number of nitrogens with one attached hydrogen (secondary N) is 1. The lowest BCUT2D eigenvalue weighted by molar-refractivity contribution is 0.459. The number of rotatable bonds is 1. The molecule has 0 saturated heterocycles. The zero-order valence-corrected chi connectivity index (χ0v) is 10.6. The Kier molecular flexibility index (Phi) is 3.27. The zero-order valence-electron chi connectivity index (χ0n) is 10.6. The van der Waals surface area contributed by atoms with Crippen LogP contribution in [0.1, 0.15) is 25.7 Å². The van der Waals surface area contributed by atoms with Crippen LogP contribution in [0.2, 0.25) is 0 Å². The van der Waals surface area contributed by atoms with Gasteiger partial charge in [-0.05, 0) is 18.9 Å². The average molecular weight is 256 g/mol. The predicted octanol–water partition coefficient (Wildman–Crippen LogP) is 3.93. The molecular formula is C14H16N4O. The molecule has 98 valence electrons. The van der Waals surface area contributed by atoms with Gasteiger partial charge >= 0.3 is 0 Å². The summed E-state index contributed by atoms with van der Waals surface area (Å²) in [6.45, 7) is 0.828. The number of nitrogens with zero attached hydrogens (tertiary/aromatic N) is 3. The van der Waals surface area contributed by atoms with Gasteiger partial charge in [0.05, 0.1) is 5.52 Å². The van der Waals surface area contributed by atoms with E-state index >= 15 is 0 Å². The molecule has 19 heavy (non-hydrogen) atoms. The molecule has 5 heteroatoms. The number of hydrogen-bond acceptors (Lipinski definition) is 4. The van der Waals surface area contributed by atoms with Crippen molar-refractivity contribution < 1.29 is 5.11 Å². The molecule has 0 fully saturated rings. The molecule has 5 nitrogen and oxygen atoms in total. The fourth-order valence-corrected chi connectivity index (χ4v) is 2.26. The highest BCUT2D eigenvalue weighted by atomic mass is 16.3. The van der Waals surface area contributed by atoms with Crippen LogP contribution in [0.15, 0.2) is 39.5 Å². The molecule has 1 aliphatic rings. The van der Waals surface area contributed by atoms with Crippen molar-refractivity contribution in [1.29, 1.82) is 0 Å². The van der Waals surface area contributed by atoms with Crippen molar-refractivity contribution in [3.8, 4) is 5.88 Å². The summed E-state index contributed by atoms with van der Waals surface area (Å²) in [6, 6.07) is 7.64. The van der Waals surface area contributed by atoms with Crippen LogP contribution in [0, 0.1) is 0 Å². The van der Waals surface area contributed by atoms with Gasteiger partial charge in [-0.3, -0.25) is 4.99 Å². The lowest BCUT2D eigenvalue weighted by Crippen LogP contribution is -1.90. The van der Waals surface area contributed by atoms with E-state index in [1.807, 2.05) is 24.3 Å². The van der Waals surface area contributed by atoms with E-state index in [-0.39, 0.29) is 5.88 Å². The minimum atomic E-state index is 0.0548. The Balaban J connectivity index is 1.92. The van der Waals surface area contributed by atoms with Gasteiger partial charge in [0.25, 0.3) is 0 Å². The molecule has 3 rings (SSSR count). The number of aromatic nitrogens is 1. The van der Waals surface area contributed by atoms with Gasteiger partial charge in [0.15, 0.2) is 5.69 Å². The fourth-order valence-electron chi connectivity index (χ4n) is 2.26. The highest BCUT2D eigenvalue weighted by molar-refractivity contribution is 5.94. The zero-order chi connectivity index (χ0) is 13.1. The predicted molar refractivity (Wildman–Crippen MR) is 75.2 cm³/mol. The molecule has 0 spiro atoms. The van der Waals surface area contributed by atoms with Crippen molar-refractivity contribution >= 4 is 22.4 Å². The summed E-state index contributed by atoms with van der Waals surface area (Å²) in [5, 5.41) is 19.1. The van der Waals surface area contributed by atoms with Crippen LogP contribution >= 0.6 is 0 Å². The Labute approximate surface area is 111 Å². The fraction of sp³-hybridized carbons (Fsp3) is 0.357. The standard InChI is InChI=1S/C14H16N4O/c19-14-13(10-6-3-4-7-11(10)16-14)18-17-12-8-2-1-5-9-15-12/h3-4,6-7,16,19H,1-2,5,8-9H2. The monoisotopic (exact) mass is 256 g/mol. The molecule has 2 N–H and O–H groups in total. The van der Waals surface area contributed by atoms with E-state index in [4.69, 9.17) is 0 Å². The first-order chi connectivity index (χ1) is 9.34. The molecular weight excluding hydrogens is 240 g/mol. The van der Waals surface area contributed by atoms with E-state index in [9.17, 15) is 5.11 Å². The first-order valence-electron chi connectivity index (χ1n) is 6.59. The molecule has 1 aromatic carbocycles. The molecule has 1 aromatic heterocycles. The van der Waals surface area contributed by atoms with Gasteiger partial charge in [-0.15, -0.1) is 10.2 Å². The molecule has 0 aliphatic carbocycles. The summed E-state index contributed by atoms with van der Waals surface area (Å²) in [5.74, 6) is 0.835. The summed E-state index contributed by atoms with van der Waals surface area (Å²) >= 11 is 0. The number of aromatic hydroxyl groups is 1. The summed E-state index contributed by atoms with van der Waals surface area (Å²) in [6.07, 6.45) is 4.29. The average Bonchev–Trinajstić information content (AvgIpc) is 2.61. The largest absolute Gasteiger partial charge is 0.493 e. The SMILES string of the molecule is Oc1[nH]c2ccccc2c1N=NC1=NCCCCC1. The van der Waals surface area contributed by atoms with E-state index < -0.39 is 0 Å². The van der Waals surface area contributed by atoms with Gasteiger partial charge in [0, 0.05) is 18.4 Å². The van der Waals surface area contributed by atoms with E-state index in [0.29, 0.717) is 5.69 Å².